The predicted octanol–water partition coefficient (Wildman–Crippen LogP) is 5.84. The number of nitrogen functional groups attached to an aromatic ring is 1. The van der Waals surface area contributed by atoms with Gasteiger partial charge in [0, 0.05) is 37.4 Å². The number of nitrogens with two attached hydrogens (primary N) is 1. The van der Waals surface area contributed by atoms with E-state index in [1.807, 2.05) is 18.0 Å². The van der Waals surface area contributed by atoms with Gasteiger partial charge in [0.1, 0.15) is 41.0 Å². The number of nitrogens with zero attached hydrogens (tertiary/aromatic N) is 5. The van der Waals surface area contributed by atoms with E-state index in [1.54, 1.807) is 0 Å². The lowest BCUT2D eigenvalue weighted by molar-refractivity contribution is -0.0645. The normalized spacial score (nSPS) is 23.9. The second kappa shape index (κ2) is 10.2. The maximum Gasteiger partial charge on any atom is 0.319 e. The van der Waals surface area contributed by atoms with Crippen LogP contribution in [0.2, 0.25) is 5.02 Å². The molecule has 9 nitrogen and oxygen atoms in total. The summed E-state index contributed by atoms with van der Waals surface area (Å²) in [5.41, 5.74) is 5.17. The van der Waals surface area contributed by atoms with E-state index in [4.69, 9.17) is 36.5 Å². The van der Waals surface area contributed by atoms with E-state index in [1.165, 1.54) is 12.1 Å². The van der Waals surface area contributed by atoms with Crippen LogP contribution in [0.15, 0.2) is 12.1 Å². The number of anilines is 2. The summed E-state index contributed by atoms with van der Waals surface area (Å²) in [4.78, 5) is 13.4. The number of hydrogen-bond donors (Lipinski definition) is 1. The van der Waals surface area contributed by atoms with Crippen LogP contribution in [0.1, 0.15) is 31.2 Å². The van der Waals surface area contributed by atoms with Crippen LogP contribution >= 0.6 is 22.9 Å². The third-order valence-electron chi connectivity index (χ3n) is 9.96. The number of halogens is 4. The maximum atomic E-state index is 17.1. The third kappa shape index (κ3) is 4.12. The number of likely N-dealkylation sites (N-methyl/N-ethyl adjacent to an activating group) is 1. The van der Waals surface area contributed by atoms with Gasteiger partial charge in [0.05, 0.1) is 51.6 Å². The average molecular weight is 657 g/mol. The molecule has 1 spiro atoms. The van der Waals surface area contributed by atoms with Crippen LogP contribution < -0.4 is 20.1 Å². The van der Waals surface area contributed by atoms with Gasteiger partial charge in [0.2, 0.25) is 0 Å². The molecule has 3 fully saturated rings. The van der Waals surface area contributed by atoms with Gasteiger partial charge in [-0.25, -0.2) is 13.2 Å². The van der Waals surface area contributed by atoms with Crippen LogP contribution in [-0.2, 0) is 4.74 Å². The molecule has 2 aromatic heterocycles. The molecule has 234 valence electrons. The summed E-state index contributed by atoms with van der Waals surface area (Å²) in [5, 5.41) is 10.4. The highest BCUT2D eigenvalue weighted by Gasteiger charge is 2.50. The van der Waals surface area contributed by atoms with Crippen molar-refractivity contribution >= 4 is 54.7 Å². The fourth-order valence-electron chi connectivity index (χ4n) is 7.48. The molecule has 2 N–H and O–H groups in total. The first-order valence-electron chi connectivity index (χ1n) is 14.8. The first-order chi connectivity index (χ1) is 21.7. The quantitative estimate of drug-likeness (QED) is 0.290. The topological polar surface area (TPSA) is 110 Å². The monoisotopic (exact) mass is 656 g/mol. The summed E-state index contributed by atoms with van der Waals surface area (Å²) in [6.07, 6.45) is 1.71. The van der Waals surface area contributed by atoms with Gasteiger partial charge >= 0.3 is 6.01 Å². The van der Waals surface area contributed by atoms with Crippen molar-refractivity contribution in [2.75, 3.05) is 57.2 Å². The minimum Gasteiger partial charge on any atom is -0.491 e. The Kier molecular flexibility index (Phi) is 6.56. The molecule has 2 atom stereocenters. The molecular weight excluding hydrogens is 629 g/mol. The van der Waals surface area contributed by atoms with E-state index >= 15 is 4.39 Å². The first kappa shape index (κ1) is 28.9. The maximum absolute atomic E-state index is 17.1. The third-order valence-corrected chi connectivity index (χ3v) is 11.3. The van der Waals surface area contributed by atoms with Crippen molar-refractivity contribution in [1.29, 1.82) is 5.26 Å². The molecule has 4 aliphatic rings. The number of benzene rings is 2. The number of thiophene rings is 1. The number of alkyl halides is 1. The largest absolute Gasteiger partial charge is 0.491 e. The summed E-state index contributed by atoms with van der Waals surface area (Å²) in [6.45, 7) is 2.41. The Balaban J connectivity index is 1.36. The zero-order valence-electron chi connectivity index (χ0n) is 24.3. The smallest absolute Gasteiger partial charge is 0.319 e. The number of nitriles is 1. The highest BCUT2D eigenvalue weighted by Crippen LogP contribution is 2.52. The Morgan fingerprint density at radius 1 is 1.24 bits per heavy atom. The van der Waals surface area contributed by atoms with Gasteiger partial charge in [-0.05, 0) is 31.0 Å². The fraction of sp³-hybridized carbons (Fsp3) is 0.452. The summed E-state index contributed by atoms with van der Waals surface area (Å²) in [5.74, 6) is -0.872. The molecule has 0 unspecified atom stereocenters. The predicted molar refractivity (Wildman–Crippen MR) is 165 cm³/mol. The van der Waals surface area contributed by atoms with Crippen LogP contribution in [0.5, 0.6) is 11.8 Å². The zero-order chi connectivity index (χ0) is 31.2. The zero-order valence-corrected chi connectivity index (χ0v) is 25.8. The standard InChI is InChI=1S/C31H28ClF3N6O3S/c1-40-28-21-24(38-29(39-28)44-14-30-5-2-7-41(30)11-15(33)9-30)23(35)20(22(32)25(21)43-8-6-31(40)12-42-13-31)16-3-4-18(34)26-19(16)17(10-36)27(37)45-26/h3-4,15H,2,5-9,11-14,37H2,1H3/t15-,30+/m1/s1. The molecule has 8 rings (SSSR count). The molecule has 2 aromatic carbocycles. The Morgan fingerprint density at radius 2 is 2.07 bits per heavy atom. The molecule has 0 bridgehead atoms. The van der Waals surface area contributed by atoms with E-state index in [9.17, 15) is 14.0 Å². The lowest BCUT2D eigenvalue weighted by Gasteiger charge is -2.49. The lowest BCUT2D eigenvalue weighted by Crippen LogP contribution is -2.62. The molecular formula is C31H28ClF3N6O3S. The van der Waals surface area contributed by atoms with Gasteiger partial charge in [-0.2, -0.15) is 15.2 Å². The Morgan fingerprint density at radius 3 is 2.82 bits per heavy atom. The van der Waals surface area contributed by atoms with E-state index in [0.29, 0.717) is 38.4 Å². The second-order valence-electron chi connectivity index (χ2n) is 12.4. The molecule has 4 aromatic rings. The Hall–Kier alpha value is -3.57. The minimum absolute atomic E-state index is 0.0332. The first-order valence-corrected chi connectivity index (χ1v) is 16.0. The van der Waals surface area contributed by atoms with E-state index < -0.39 is 28.9 Å². The van der Waals surface area contributed by atoms with Crippen LogP contribution in [0.4, 0.5) is 24.0 Å². The summed E-state index contributed by atoms with van der Waals surface area (Å²) in [6, 6.07) is 4.53. The van der Waals surface area contributed by atoms with E-state index in [0.717, 1.165) is 30.7 Å². The van der Waals surface area contributed by atoms with Gasteiger partial charge in [-0.1, -0.05) is 17.7 Å². The van der Waals surface area contributed by atoms with Crippen molar-refractivity contribution in [2.24, 2.45) is 0 Å². The molecule has 6 heterocycles. The van der Waals surface area contributed by atoms with Gasteiger partial charge < -0.3 is 24.8 Å². The molecule has 3 saturated heterocycles. The fourth-order valence-corrected chi connectivity index (χ4v) is 8.76. The minimum atomic E-state index is -0.941. The van der Waals surface area contributed by atoms with Crippen molar-refractivity contribution in [3.63, 3.8) is 0 Å². The summed E-state index contributed by atoms with van der Waals surface area (Å²) >= 11 is 7.90. The number of rotatable bonds is 4. The Labute approximate surface area is 265 Å². The van der Waals surface area contributed by atoms with Gasteiger partial charge in [0.25, 0.3) is 0 Å². The van der Waals surface area contributed by atoms with Crippen LogP contribution in [0.3, 0.4) is 0 Å². The van der Waals surface area contributed by atoms with E-state index in [2.05, 4.69) is 9.88 Å². The number of fused-ring (bicyclic) bond motifs is 2. The summed E-state index contributed by atoms with van der Waals surface area (Å²) < 4.78 is 64.6. The van der Waals surface area contributed by atoms with Crippen molar-refractivity contribution in [2.45, 2.75) is 42.9 Å². The van der Waals surface area contributed by atoms with Crippen molar-refractivity contribution in [1.82, 2.24) is 14.9 Å². The van der Waals surface area contributed by atoms with Gasteiger partial charge in [0.15, 0.2) is 11.6 Å². The van der Waals surface area contributed by atoms with Crippen LogP contribution in [0, 0.1) is 23.0 Å². The molecule has 0 radical (unpaired) electrons. The molecule has 14 heteroatoms. The number of ether oxygens (including phenoxy) is 3. The van der Waals surface area contributed by atoms with Crippen LogP contribution in [0.25, 0.3) is 32.1 Å². The molecule has 45 heavy (non-hydrogen) atoms. The molecule has 0 aliphatic carbocycles. The summed E-state index contributed by atoms with van der Waals surface area (Å²) in [7, 11) is 1.86. The molecule has 4 aliphatic heterocycles. The number of hydrogen-bond acceptors (Lipinski definition) is 10. The molecule has 0 amide bonds. The van der Waals surface area contributed by atoms with Gasteiger partial charge in [-0.3, -0.25) is 4.90 Å². The molecule has 0 saturated carbocycles. The van der Waals surface area contributed by atoms with E-state index in [-0.39, 0.29) is 72.7 Å². The van der Waals surface area contributed by atoms with Gasteiger partial charge in [-0.15, -0.1) is 11.3 Å². The lowest BCUT2D eigenvalue weighted by atomic mass is 9.90. The average Bonchev–Trinajstić information content (AvgIpc) is 3.64. The van der Waals surface area contributed by atoms with Crippen molar-refractivity contribution < 1.29 is 27.4 Å². The van der Waals surface area contributed by atoms with Crippen LogP contribution in [-0.4, -0.2) is 78.7 Å². The highest BCUT2D eigenvalue weighted by molar-refractivity contribution is 7.23. The SMILES string of the molecule is CN1c2nc(OC[C@@]34CCCN3C[C@H](F)C4)nc3c(F)c(-c4ccc(F)c5sc(N)c(C#N)c45)c(Cl)c(c23)OCCC12COC2. The van der Waals surface area contributed by atoms with Crippen molar-refractivity contribution in [3.05, 3.63) is 34.4 Å². The Bertz CT molecular complexity index is 1950. The number of aromatic nitrogens is 2. The highest BCUT2D eigenvalue weighted by atomic mass is 35.5. The second-order valence-corrected chi connectivity index (χ2v) is 13.8. The van der Waals surface area contributed by atoms with Crippen molar-refractivity contribution in [3.8, 4) is 29.0 Å².